The van der Waals surface area contributed by atoms with E-state index in [0.29, 0.717) is 5.69 Å². The van der Waals surface area contributed by atoms with E-state index in [4.69, 9.17) is 4.74 Å². The van der Waals surface area contributed by atoms with Crippen molar-refractivity contribution in [3.05, 3.63) is 29.5 Å². The summed E-state index contributed by atoms with van der Waals surface area (Å²) in [6.07, 6.45) is 4.97. The first-order valence-corrected chi connectivity index (χ1v) is 8.31. The number of carbonyl (C=O) groups excluding carboxylic acids is 1. The minimum Gasteiger partial charge on any atom is -0.455 e. The van der Waals surface area contributed by atoms with E-state index in [-0.39, 0.29) is 5.97 Å². The quantitative estimate of drug-likeness (QED) is 0.687. The summed E-state index contributed by atoms with van der Waals surface area (Å²) < 4.78 is 5.50. The van der Waals surface area contributed by atoms with Crippen LogP contribution in [0.15, 0.2) is 23.2 Å². The number of hydrogen-bond acceptors (Lipinski definition) is 5. The van der Waals surface area contributed by atoms with Gasteiger partial charge in [-0.15, -0.1) is 11.8 Å². The first kappa shape index (κ1) is 16.0. The molecule has 0 radical (unpaired) electrons. The molecule has 0 amide bonds. The molecule has 0 spiro atoms. The highest BCUT2D eigenvalue weighted by Crippen LogP contribution is 2.26. The Hall–Kier alpha value is -1.33. The van der Waals surface area contributed by atoms with Gasteiger partial charge in [-0.1, -0.05) is 6.08 Å². The third-order valence-corrected chi connectivity index (χ3v) is 3.73. The summed E-state index contributed by atoms with van der Waals surface area (Å²) in [5.74, 6) is -0.354. The highest BCUT2D eigenvalue weighted by Gasteiger charge is 2.23. The molecule has 4 nitrogen and oxygen atoms in total. The number of aromatic nitrogens is 1. The second kappa shape index (κ2) is 6.62. The molecular weight excluding hydrogens is 284 g/mol. The summed E-state index contributed by atoms with van der Waals surface area (Å²) in [4.78, 5) is 16.9. The third-order valence-electron chi connectivity index (χ3n) is 3.08. The number of pyridine rings is 1. The van der Waals surface area contributed by atoms with Crippen LogP contribution in [0.25, 0.3) is 5.57 Å². The van der Waals surface area contributed by atoms with Gasteiger partial charge < -0.3 is 10.1 Å². The van der Waals surface area contributed by atoms with Gasteiger partial charge in [-0.25, -0.2) is 9.78 Å². The van der Waals surface area contributed by atoms with Crippen LogP contribution >= 0.6 is 11.8 Å². The molecule has 1 N–H and O–H groups in total. The van der Waals surface area contributed by atoms with Gasteiger partial charge in [0.25, 0.3) is 0 Å². The second-order valence-electron chi connectivity index (χ2n) is 5.94. The van der Waals surface area contributed by atoms with Gasteiger partial charge in [0.05, 0.1) is 5.03 Å². The van der Waals surface area contributed by atoms with Gasteiger partial charge in [0.1, 0.15) is 5.60 Å². The van der Waals surface area contributed by atoms with Gasteiger partial charge >= 0.3 is 5.97 Å². The van der Waals surface area contributed by atoms with Gasteiger partial charge in [0, 0.05) is 12.1 Å². The molecule has 114 valence electrons. The predicted octanol–water partition coefficient (Wildman–Crippen LogP) is 3.14. The molecule has 0 atom stereocenters. The Balaban J connectivity index is 2.40. The number of carbonyl (C=O) groups is 1. The molecule has 0 bridgehead atoms. The topological polar surface area (TPSA) is 51.2 Å². The molecule has 0 saturated carbocycles. The van der Waals surface area contributed by atoms with E-state index in [0.717, 1.165) is 35.7 Å². The summed E-state index contributed by atoms with van der Waals surface area (Å²) in [6.45, 7) is 7.35. The Morgan fingerprint density at radius 2 is 2.14 bits per heavy atom. The lowest BCUT2D eigenvalue weighted by Gasteiger charge is -2.21. The minimum atomic E-state index is -0.520. The van der Waals surface area contributed by atoms with E-state index >= 15 is 0 Å². The van der Waals surface area contributed by atoms with Crippen LogP contribution in [0.4, 0.5) is 0 Å². The van der Waals surface area contributed by atoms with Crippen molar-refractivity contribution in [2.24, 2.45) is 0 Å². The van der Waals surface area contributed by atoms with Gasteiger partial charge in [-0.2, -0.15) is 0 Å². The molecule has 0 aliphatic carbocycles. The Morgan fingerprint density at radius 1 is 1.38 bits per heavy atom. The number of nitrogens with one attached hydrogen (secondary N) is 1. The summed E-state index contributed by atoms with van der Waals surface area (Å²) >= 11 is 1.52. The zero-order valence-electron chi connectivity index (χ0n) is 13.0. The maximum absolute atomic E-state index is 12.5. The molecule has 0 fully saturated rings. The van der Waals surface area contributed by atoms with Crippen molar-refractivity contribution >= 4 is 23.3 Å². The van der Waals surface area contributed by atoms with Crippen LogP contribution in [0.5, 0.6) is 0 Å². The Morgan fingerprint density at radius 3 is 2.71 bits per heavy atom. The molecule has 1 aromatic rings. The fraction of sp³-hybridized carbons (Fsp3) is 0.500. The number of rotatable bonds is 3. The van der Waals surface area contributed by atoms with Gasteiger partial charge in [-0.05, 0) is 57.7 Å². The van der Waals surface area contributed by atoms with E-state index in [1.54, 1.807) is 0 Å². The lowest BCUT2D eigenvalue weighted by atomic mass is 9.98. The third kappa shape index (κ3) is 4.32. The minimum absolute atomic E-state index is 0.354. The van der Waals surface area contributed by atoms with Crippen molar-refractivity contribution in [1.29, 1.82) is 0 Å². The van der Waals surface area contributed by atoms with Crippen molar-refractivity contribution in [3.63, 3.8) is 0 Å². The van der Waals surface area contributed by atoms with E-state index in [2.05, 4.69) is 16.4 Å². The van der Waals surface area contributed by atoms with Gasteiger partial charge in [-0.3, -0.25) is 0 Å². The van der Waals surface area contributed by atoms with E-state index in [1.165, 1.54) is 11.8 Å². The number of esters is 1. The molecule has 2 heterocycles. The van der Waals surface area contributed by atoms with Crippen molar-refractivity contribution in [1.82, 2.24) is 10.3 Å². The standard InChI is InChI=1S/C16H22N2O2S/c1-16(2,3)20-15(19)14-12(5-6-13(18-14)21-4)11-7-9-17-10-8-11/h5-7,17H,8-10H2,1-4H3. The maximum atomic E-state index is 12.5. The summed E-state index contributed by atoms with van der Waals surface area (Å²) in [5, 5.41) is 4.10. The molecule has 0 aromatic carbocycles. The first-order valence-electron chi connectivity index (χ1n) is 7.09. The fourth-order valence-electron chi connectivity index (χ4n) is 2.16. The molecule has 21 heavy (non-hydrogen) atoms. The summed E-state index contributed by atoms with van der Waals surface area (Å²) in [5.41, 5.74) is 1.96. The molecule has 1 aliphatic heterocycles. The fourth-order valence-corrected chi connectivity index (χ4v) is 2.55. The van der Waals surface area contributed by atoms with Crippen molar-refractivity contribution in [2.75, 3.05) is 19.3 Å². The number of hydrogen-bond donors (Lipinski definition) is 1. The van der Waals surface area contributed by atoms with Crippen LogP contribution in [0, 0.1) is 0 Å². The number of nitrogens with zero attached hydrogens (tertiary/aromatic N) is 1. The van der Waals surface area contributed by atoms with Crippen molar-refractivity contribution in [2.45, 2.75) is 37.8 Å². The van der Waals surface area contributed by atoms with Crippen LogP contribution in [0.1, 0.15) is 43.2 Å². The largest absolute Gasteiger partial charge is 0.455 e. The van der Waals surface area contributed by atoms with Gasteiger partial charge in [0.2, 0.25) is 0 Å². The summed E-state index contributed by atoms with van der Waals surface area (Å²) in [7, 11) is 0. The number of ether oxygens (including phenoxy) is 1. The Labute approximate surface area is 130 Å². The SMILES string of the molecule is CSc1ccc(C2=CCNCC2)c(C(=O)OC(C)(C)C)n1. The first-order chi connectivity index (χ1) is 9.90. The van der Waals surface area contributed by atoms with Crippen LogP contribution in [-0.2, 0) is 4.74 Å². The molecule has 0 unspecified atom stereocenters. The van der Waals surface area contributed by atoms with Gasteiger partial charge in [0.15, 0.2) is 5.69 Å². The second-order valence-corrected chi connectivity index (χ2v) is 6.76. The predicted molar refractivity (Wildman–Crippen MR) is 86.7 cm³/mol. The average molecular weight is 306 g/mol. The highest BCUT2D eigenvalue weighted by atomic mass is 32.2. The molecule has 2 rings (SSSR count). The van der Waals surface area contributed by atoms with E-state index in [9.17, 15) is 4.79 Å². The lowest BCUT2D eigenvalue weighted by molar-refractivity contribution is 0.00617. The zero-order chi connectivity index (χ0) is 15.5. The average Bonchev–Trinajstić information content (AvgIpc) is 2.45. The highest BCUT2D eigenvalue weighted by molar-refractivity contribution is 7.98. The lowest BCUT2D eigenvalue weighted by Crippen LogP contribution is -2.26. The Kier molecular flexibility index (Phi) is 5.06. The van der Waals surface area contributed by atoms with Crippen LogP contribution in [-0.4, -0.2) is 35.9 Å². The van der Waals surface area contributed by atoms with Crippen LogP contribution < -0.4 is 5.32 Å². The summed E-state index contributed by atoms with van der Waals surface area (Å²) in [6, 6.07) is 3.94. The zero-order valence-corrected chi connectivity index (χ0v) is 13.8. The maximum Gasteiger partial charge on any atom is 0.358 e. The molecule has 0 saturated heterocycles. The van der Waals surface area contributed by atoms with E-state index in [1.807, 2.05) is 39.2 Å². The normalized spacial score (nSPS) is 15.5. The van der Waals surface area contributed by atoms with Crippen LogP contribution in [0.3, 0.4) is 0 Å². The van der Waals surface area contributed by atoms with E-state index < -0.39 is 5.60 Å². The van der Waals surface area contributed by atoms with Crippen molar-refractivity contribution in [3.8, 4) is 0 Å². The molecular formula is C16H22N2O2S. The Bertz CT molecular complexity index is 562. The molecule has 1 aliphatic rings. The molecule has 5 heteroatoms. The smallest absolute Gasteiger partial charge is 0.358 e. The van der Waals surface area contributed by atoms with Crippen molar-refractivity contribution < 1.29 is 9.53 Å². The van der Waals surface area contributed by atoms with Crippen LogP contribution in [0.2, 0.25) is 0 Å². The monoisotopic (exact) mass is 306 g/mol. The molecule has 1 aromatic heterocycles. The number of thioether (sulfide) groups is 1.